The van der Waals surface area contributed by atoms with Gasteiger partial charge >= 0.3 is 0 Å². The molecular weight excluding hydrogens is 347 g/mol. The predicted octanol–water partition coefficient (Wildman–Crippen LogP) is 2.84. The summed E-state index contributed by atoms with van der Waals surface area (Å²) in [6.07, 6.45) is 5.83. The summed E-state index contributed by atoms with van der Waals surface area (Å²) in [5.74, 6) is 1.44. The van der Waals surface area contributed by atoms with Crippen LogP contribution in [0.4, 0.5) is 5.82 Å². The van der Waals surface area contributed by atoms with Gasteiger partial charge < -0.3 is 10.6 Å². The third-order valence-corrected chi connectivity index (χ3v) is 4.26. The van der Waals surface area contributed by atoms with Crippen molar-refractivity contribution in [3.05, 3.63) is 35.5 Å². The van der Waals surface area contributed by atoms with Gasteiger partial charge in [-0.25, -0.2) is 9.97 Å². The fourth-order valence-corrected chi connectivity index (χ4v) is 2.91. The first kappa shape index (κ1) is 20.7. The number of nitrogens with one attached hydrogen (secondary N) is 1. The lowest BCUT2D eigenvalue weighted by atomic mass is 9.78. The predicted molar refractivity (Wildman–Crippen MR) is 101 cm³/mol. The van der Waals surface area contributed by atoms with E-state index in [0.717, 1.165) is 55.1 Å². The second-order valence-corrected chi connectivity index (χ2v) is 6.22. The summed E-state index contributed by atoms with van der Waals surface area (Å²) in [5.41, 5.74) is 9.21. The molecule has 1 fully saturated rings. The smallest absolute Gasteiger partial charge is 0.132 e. The van der Waals surface area contributed by atoms with E-state index in [0.29, 0.717) is 12.0 Å². The lowest BCUT2D eigenvalue weighted by Gasteiger charge is -2.32. The number of H-pyrrole nitrogens is 1. The molecule has 1 saturated carbocycles. The van der Waals surface area contributed by atoms with E-state index >= 15 is 0 Å². The first-order valence-corrected chi connectivity index (χ1v) is 7.97. The Kier molecular flexibility index (Phi) is 7.93. The molecule has 8 heteroatoms. The highest BCUT2D eigenvalue weighted by atomic mass is 35.5. The van der Waals surface area contributed by atoms with Gasteiger partial charge in [0.05, 0.1) is 17.9 Å². The molecule has 1 aliphatic carbocycles. The monoisotopic (exact) mass is 372 g/mol. The van der Waals surface area contributed by atoms with E-state index in [4.69, 9.17) is 5.73 Å². The first-order chi connectivity index (χ1) is 10.7. The normalized spacial score (nSPS) is 19.0. The highest BCUT2D eigenvalue weighted by Gasteiger charge is 2.28. The lowest BCUT2D eigenvalue weighted by Crippen LogP contribution is -2.35. The summed E-state index contributed by atoms with van der Waals surface area (Å²) in [4.78, 5) is 10.9. The molecule has 1 aliphatic rings. The van der Waals surface area contributed by atoms with Crippen LogP contribution in [0, 0.1) is 0 Å². The fraction of sp³-hybridized carbons (Fsp3) is 0.562. The summed E-state index contributed by atoms with van der Waals surface area (Å²) in [5, 5.41) is 7.44. The molecule has 2 aromatic heterocycles. The van der Waals surface area contributed by atoms with Gasteiger partial charge in [-0.3, -0.25) is 5.10 Å². The number of anilines is 1. The van der Waals surface area contributed by atoms with Crippen molar-refractivity contribution in [3.8, 4) is 0 Å². The molecule has 6 nitrogen and oxygen atoms in total. The Hall–Kier alpha value is -1.37. The van der Waals surface area contributed by atoms with Crippen molar-refractivity contribution in [2.45, 2.75) is 51.1 Å². The van der Waals surface area contributed by atoms with Crippen LogP contribution in [0.1, 0.15) is 49.2 Å². The van der Waals surface area contributed by atoms with Crippen LogP contribution in [0.3, 0.4) is 0 Å². The third kappa shape index (κ3) is 4.82. The number of hydrogen-bond donors (Lipinski definition) is 2. The molecule has 2 heterocycles. The van der Waals surface area contributed by atoms with Crippen molar-refractivity contribution in [3.63, 3.8) is 0 Å². The minimum absolute atomic E-state index is 0. The highest BCUT2D eigenvalue weighted by Crippen LogP contribution is 2.35. The molecule has 0 amide bonds. The molecule has 0 radical (unpaired) electrons. The Morgan fingerprint density at radius 1 is 1.25 bits per heavy atom. The number of nitrogens with zero attached hydrogens (tertiary/aromatic N) is 4. The minimum Gasteiger partial charge on any atom is -0.354 e. The van der Waals surface area contributed by atoms with E-state index in [1.807, 2.05) is 7.05 Å². The van der Waals surface area contributed by atoms with E-state index < -0.39 is 0 Å². The van der Waals surface area contributed by atoms with Gasteiger partial charge in [0.1, 0.15) is 12.1 Å². The minimum atomic E-state index is 0. The van der Waals surface area contributed by atoms with Crippen molar-refractivity contribution in [1.29, 1.82) is 0 Å². The van der Waals surface area contributed by atoms with Gasteiger partial charge in [0, 0.05) is 30.8 Å². The summed E-state index contributed by atoms with van der Waals surface area (Å²) < 4.78 is 0. The molecule has 0 bridgehead atoms. The second kappa shape index (κ2) is 9.20. The van der Waals surface area contributed by atoms with Crippen molar-refractivity contribution >= 4 is 30.6 Å². The standard InChI is InChI=1S/C16H24N6.2ClH/c1-3-4-13-7-14(21-20-13)9-22(2)16-8-15(18-10-19-16)11-5-12(17)6-11;;/h7-8,10-12H,3-6,9,17H2,1-2H3,(H,20,21);2*1H. The molecule has 2 aromatic rings. The van der Waals surface area contributed by atoms with Gasteiger partial charge in [0.15, 0.2) is 0 Å². The van der Waals surface area contributed by atoms with Crippen LogP contribution < -0.4 is 10.6 Å². The fourth-order valence-electron chi connectivity index (χ4n) is 2.91. The van der Waals surface area contributed by atoms with Crippen LogP contribution in [0.5, 0.6) is 0 Å². The molecule has 134 valence electrons. The lowest BCUT2D eigenvalue weighted by molar-refractivity contribution is 0.345. The number of aryl methyl sites for hydroxylation is 1. The largest absolute Gasteiger partial charge is 0.354 e. The van der Waals surface area contributed by atoms with E-state index in [-0.39, 0.29) is 24.8 Å². The molecule has 3 N–H and O–H groups in total. The summed E-state index contributed by atoms with van der Waals surface area (Å²) in [6, 6.07) is 4.55. The van der Waals surface area contributed by atoms with Crippen LogP contribution in [0.25, 0.3) is 0 Å². The van der Waals surface area contributed by atoms with E-state index in [9.17, 15) is 0 Å². The second-order valence-electron chi connectivity index (χ2n) is 6.22. The van der Waals surface area contributed by atoms with Gasteiger partial charge in [-0.1, -0.05) is 13.3 Å². The molecule has 0 aliphatic heterocycles. The zero-order valence-electron chi connectivity index (χ0n) is 14.1. The van der Waals surface area contributed by atoms with Gasteiger partial charge in [0.25, 0.3) is 0 Å². The van der Waals surface area contributed by atoms with Crippen LogP contribution in [0.15, 0.2) is 18.5 Å². The average molecular weight is 373 g/mol. The maximum absolute atomic E-state index is 5.87. The molecule has 3 rings (SSSR count). The highest BCUT2D eigenvalue weighted by molar-refractivity contribution is 5.85. The van der Waals surface area contributed by atoms with E-state index in [1.54, 1.807) is 6.33 Å². The SMILES string of the molecule is CCCc1cc(CN(C)c2cc(C3CC(N)C3)ncn2)[nH]n1.Cl.Cl. The van der Waals surface area contributed by atoms with Crippen LogP contribution in [-0.4, -0.2) is 33.3 Å². The quantitative estimate of drug-likeness (QED) is 0.814. The third-order valence-electron chi connectivity index (χ3n) is 4.26. The number of aromatic nitrogens is 4. The summed E-state index contributed by atoms with van der Waals surface area (Å²) in [7, 11) is 2.04. The Bertz CT molecular complexity index is 627. The molecular formula is C16H26Cl2N6. The Labute approximate surface area is 155 Å². The maximum atomic E-state index is 5.87. The Morgan fingerprint density at radius 3 is 2.67 bits per heavy atom. The van der Waals surface area contributed by atoms with Gasteiger partial charge in [-0.2, -0.15) is 5.10 Å². The zero-order chi connectivity index (χ0) is 15.5. The number of aromatic amines is 1. The van der Waals surface area contributed by atoms with Crippen LogP contribution in [0.2, 0.25) is 0 Å². The zero-order valence-corrected chi connectivity index (χ0v) is 15.7. The maximum Gasteiger partial charge on any atom is 0.132 e. The average Bonchev–Trinajstić information content (AvgIpc) is 2.92. The number of nitrogens with two attached hydrogens (primary N) is 1. The van der Waals surface area contributed by atoms with E-state index in [2.05, 4.69) is 44.1 Å². The molecule has 0 saturated heterocycles. The van der Waals surface area contributed by atoms with Crippen LogP contribution in [-0.2, 0) is 13.0 Å². The topological polar surface area (TPSA) is 83.7 Å². The van der Waals surface area contributed by atoms with Crippen molar-refractivity contribution < 1.29 is 0 Å². The van der Waals surface area contributed by atoms with E-state index in [1.165, 1.54) is 0 Å². The van der Waals surface area contributed by atoms with Gasteiger partial charge in [-0.15, -0.1) is 24.8 Å². The van der Waals surface area contributed by atoms with Crippen molar-refractivity contribution in [2.24, 2.45) is 5.73 Å². The van der Waals surface area contributed by atoms with Crippen molar-refractivity contribution in [2.75, 3.05) is 11.9 Å². The molecule has 24 heavy (non-hydrogen) atoms. The number of hydrogen-bond acceptors (Lipinski definition) is 5. The van der Waals surface area contributed by atoms with Gasteiger partial charge in [0.2, 0.25) is 0 Å². The number of rotatable bonds is 6. The summed E-state index contributed by atoms with van der Waals surface area (Å²) in [6.45, 7) is 2.92. The van der Waals surface area contributed by atoms with Crippen LogP contribution >= 0.6 is 24.8 Å². The molecule has 0 unspecified atom stereocenters. The Balaban J connectivity index is 0.00000144. The van der Waals surface area contributed by atoms with Crippen molar-refractivity contribution in [1.82, 2.24) is 20.2 Å². The molecule has 0 aromatic carbocycles. The number of halogens is 2. The van der Waals surface area contributed by atoms with Gasteiger partial charge in [-0.05, 0) is 25.3 Å². The first-order valence-electron chi connectivity index (χ1n) is 7.97. The molecule has 0 atom stereocenters. The summed E-state index contributed by atoms with van der Waals surface area (Å²) >= 11 is 0. The molecule has 0 spiro atoms. The Morgan fingerprint density at radius 2 is 2.00 bits per heavy atom.